The first-order valence-corrected chi connectivity index (χ1v) is 6.40. The van der Waals surface area contributed by atoms with E-state index in [0.717, 1.165) is 19.4 Å². The number of carbonyl (C=O) groups is 1. The number of ether oxygens (including phenoxy) is 2. The summed E-state index contributed by atoms with van der Waals surface area (Å²) in [5, 5.41) is 0. The molecule has 3 nitrogen and oxygen atoms in total. The van der Waals surface area contributed by atoms with Crippen molar-refractivity contribution in [2.45, 2.75) is 32.8 Å². The predicted octanol–water partition coefficient (Wildman–Crippen LogP) is 2.56. The molecule has 1 atom stereocenters. The molecule has 1 saturated heterocycles. The van der Waals surface area contributed by atoms with Gasteiger partial charge in [-0.15, -0.1) is 11.3 Å². The topological polar surface area (TPSA) is 38.8 Å². The molecule has 1 aromatic rings. The summed E-state index contributed by atoms with van der Waals surface area (Å²) in [5.41, 5.74) is 1.19. The smallest absolute Gasteiger partial charge is 0.348 e. The summed E-state index contributed by atoms with van der Waals surface area (Å²) in [5.74, 6) is -0.204. The minimum atomic E-state index is -0.204. The average molecular weight is 240 g/mol. The van der Waals surface area contributed by atoms with Crippen LogP contribution in [0.3, 0.4) is 0 Å². The maximum absolute atomic E-state index is 11.5. The van der Waals surface area contributed by atoms with E-state index in [0.29, 0.717) is 17.6 Å². The summed E-state index contributed by atoms with van der Waals surface area (Å²) in [4.78, 5) is 13.5. The summed E-state index contributed by atoms with van der Waals surface area (Å²) in [6, 6.07) is 1.92. The van der Waals surface area contributed by atoms with Crippen molar-refractivity contribution in [2.75, 3.05) is 13.2 Å². The predicted molar refractivity (Wildman–Crippen MR) is 63.1 cm³/mol. The van der Waals surface area contributed by atoms with Crippen LogP contribution in [0.15, 0.2) is 6.07 Å². The van der Waals surface area contributed by atoms with E-state index in [1.165, 1.54) is 10.4 Å². The lowest BCUT2D eigenvalue weighted by molar-refractivity contribution is 0.0532. The molecule has 1 aromatic heterocycles. The van der Waals surface area contributed by atoms with Crippen molar-refractivity contribution in [1.29, 1.82) is 0 Å². The molecule has 2 rings (SSSR count). The number of hydrogen-bond donors (Lipinski definition) is 0. The van der Waals surface area contributed by atoms with E-state index >= 15 is 0 Å². The molecule has 0 aliphatic carbocycles. The van der Waals surface area contributed by atoms with Crippen molar-refractivity contribution in [3.05, 3.63) is 21.4 Å². The van der Waals surface area contributed by atoms with Gasteiger partial charge in [-0.2, -0.15) is 0 Å². The van der Waals surface area contributed by atoms with E-state index in [9.17, 15) is 4.79 Å². The van der Waals surface area contributed by atoms with Gasteiger partial charge in [0.2, 0.25) is 0 Å². The summed E-state index contributed by atoms with van der Waals surface area (Å²) < 4.78 is 10.2. The van der Waals surface area contributed by atoms with Crippen LogP contribution in [-0.2, 0) is 15.9 Å². The fraction of sp³-hybridized carbons (Fsp3) is 0.583. The molecule has 1 aliphatic heterocycles. The molecule has 1 aliphatic rings. The Balaban J connectivity index is 1.98. The maximum Gasteiger partial charge on any atom is 0.348 e. The van der Waals surface area contributed by atoms with Gasteiger partial charge in [0.15, 0.2) is 0 Å². The fourth-order valence-corrected chi connectivity index (χ4v) is 2.68. The van der Waals surface area contributed by atoms with Gasteiger partial charge in [0.25, 0.3) is 0 Å². The molecule has 4 heteroatoms. The van der Waals surface area contributed by atoms with Gasteiger partial charge in [-0.1, -0.05) is 0 Å². The number of rotatable bonds is 5. The summed E-state index contributed by atoms with van der Waals surface area (Å²) >= 11 is 1.55. The van der Waals surface area contributed by atoms with E-state index < -0.39 is 0 Å². The van der Waals surface area contributed by atoms with Crippen LogP contribution in [-0.4, -0.2) is 25.3 Å². The van der Waals surface area contributed by atoms with Gasteiger partial charge in [-0.25, -0.2) is 4.79 Å². The Morgan fingerprint density at radius 3 is 3.06 bits per heavy atom. The normalized spacial score (nSPS) is 18.5. The van der Waals surface area contributed by atoms with Crippen LogP contribution in [0.2, 0.25) is 0 Å². The van der Waals surface area contributed by atoms with Crippen molar-refractivity contribution in [1.82, 2.24) is 0 Å². The van der Waals surface area contributed by atoms with Crippen molar-refractivity contribution >= 4 is 17.3 Å². The number of thiophene rings is 1. The average Bonchev–Trinajstić information content (AvgIpc) is 3.00. The second-order valence-corrected chi connectivity index (χ2v) is 5.07. The molecular weight excluding hydrogens is 224 g/mol. The third-order valence-electron chi connectivity index (χ3n) is 2.59. The Morgan fingerprint density at radius 2 is 2.44 bits per heavy atom. The first kappa shape index (κ1) is 11.6. The molecular formula is C12H16O3S. The van der Waals surface area contributed by atoms with E-state index in [1.807, 2.05) is 19.9 Å². The van der Waals surface area contributed by atoms with Crippen LogP contribution in [0.25, 0.3) is 0 Å². The third kappa shape index (κ3) is 2.83. The molecule has 0 saturated carbocycles. The standard InChI is InChI=1S/C12H16O3S/c1-3-14-12(13)11-6-8(2)10(16-11)5-4-9-7-15-9/h6,9H,3-5,7H2,1-2H3/t9-/m1/s1. The van der Waals surface area contributed by atoms with Gasteiger partial charge in [0.05, 0.1) is 19.3 Å². The van der Waals surface area contributed by atoms with Crippen LogP contribution in [0.4, 0.5) is 0 Å². The zero-order chi connectivity index (χ0) is 11.5. The van der Waals surface area contributed by atoms with E-state index in [2.05, 4.69) is 0 Å². The largest absolute Gasteiger partial charge is 0.462 e. The van der Waals surface area contributed by atoms with Gasteiger partial charge in [0, 0.05) is 4.88 Å². The lowest BCUT2D eigenvalue weighted by Gasteiger charge is -1.97. The minimum absolute atomic E-state index is 0.204. The molecule has 88 valence electrons. The summed E-state index contributed by atoms with van der Waals surface area (Å²) in [7, 11) is 0. The van der Waals surface area contributed by atoms with Gasteiger partial charge < -0.3 is 9.47 Å². The maximum atomic E-state index is 11.5. The van der Waals surface area contributed by atoms with E-state index in [4.69, 9.17) is 9.47 Å². The number of carbonyl (C=O) groups excluding carboxylic acids is 1. The molecule has 1 fully saturated rings. The Bertz CT molecular complexity index is 380. The highest BCUT2D eigenvalue weighted by Gasteiger charge is 2.23. The second-order valence-electron chi connectivity index (χ2n) is 3.93. The van der Waals surface area contributed by atoms with E-state index in [1.54, 1.807) is 11.3 Å². The molecule has 0 unspecified atom stereocenters. The molecule has 0 aromatic carbocycles. The zero-order valence-corrected chi connectivity index (χ0v) is 10.4. The Hall–Kier alpha value is -0.870. The molecule has 2 heterocycles. The van der Waals surface area contributed by atoms with Gasteiger partial charge in [0.1, 0.15) is 4.88 Å². The number of esters is 1. The first-order valence-electron chi connectivity index (χ1n) is 5.58. The molecule has 16 heavy (non-hydrogen) atoms. The Kier molecular flexibility index (Phi) is 3.61. The number of hydrogen-bond acceptors (Lipinski definition) is 4. The van der Waals surface area contributed by atoms with Crippen molar-refractivity contribution in [3.8, 4) is 0 Å². The van der Waals surface area contributed by atoms with Crippen LogP contribution >= 0.6 is 11.3 Å². The summed E-state index contributed by atoms with van der Waals surface area (Å²) in [6.07, 6.45) is 2.51. The SMILES string of the molecule is CCOC(=O)c1cc(C)c(CC[C@@H]2CO2)s1. The minimum Gasteiger partial charge on any atom is -0.462 e. The highest BCUT2D eigenvalue weighted by Crippen LogP contribution is 2.26. The Morgan fingerprint density at radius 1 is 1.69 bits per heavy atom. The van der Waals surface area contributed by atoms with Gasteiger partial charge >= 0.3 is 5.97 Å². The second kappa shape index (κ2) is 4.97. The first-order chi connectivity index (χ1) is 7.70. The lowest BCUT2D eigenvalue weighted by Crippen LogP contribution is -2.01. The van der Waals surface area contributed by atoms with Crippen molar-refractivity contribution in [3.63, 3.8) is 0 Å². The quantitative estimate of drug-likeness (QED) is 0.586. The molecule has 0 N–H and O–H groups in total. The van der Waals surface area contributed by atoms with E-state index in [-0.39, 0.29) is 5.97 Å². The van der Waals surface area contributed by atoms with Crippen LogP contribution in [0.5, 0.6) is 0 Å². The highest BCUT2D eigenvalue weighted by molar-refractivity contribution is 7.14. The van der Waals surface area contributed by atoms with Crippen molar-refractivity contribution in [2.24, 2.45) is 0 Å². The van der Waals surface area contributed by atoms with Crippen LogP contribution in [0, 0.1) is 6.92 Å². The monoisotopic (exact) mass is 240 g/mol. The summed E-state index contributed by atoms with van der Waals surface area (Å²) in [6.45, 7) is 5.20. The van der Waals surface area contributed by atoms with Crippen LogP contribution < -0.4 is 0 Å². The highest BCUT2D eigenvalue weighted by atomic mass is 32.1. The van der Waals surface area contributed by atoms with Gasteiger partial charge in [-0.3, -0.25) is 0 Å². The molecule has 0 bridgehead atoms. The Labute approximate surface area is 99.4 Å². The number of epoxide rings is 1. The fourth-order valence-electron chi connectivity index (χ4n) is 1.60. The molecule has 0 radical (unpaired) electrons. The number of aryl methyl sites for hydroxylation is 2. The van der Waals surface area contributed by atoms with Crippen molar-refractivity contribution < 1.29 is 14.3 Å². The molecule has 0 spiro atoms. The van der Waals surface area contributed by atoms with Crippen LogP contribution in [0.1, 0.15) is 33.5 Å². The zero-order valence-electron chi connectivity index (χ0n) is 9.62. The molecule has 0 amide bonds. The third-order valence-corrected chi connectivity index (χ3v) is 3.87. The lowest BCUT2D eigenvalue weighted by atomic mass is 10.1. The van der Waals surface area contributed by atoms with Gasteiger partial charge in [-0.05, 0) is 38.3 Å².